The van der Waals surface area contributed by atoms with Crippen LogP contribution in [-0.4, -0.2) is 11.1 Å². The van der Waals surface area contributed by atoms with Crippen LogP contribution in [0.4, 0.5) is 5.69 Å². The van der Waals surface area contributed by atoms with Crippen molar-refractivity contribution >= 4 is 28.2 Å². The molecule has 0 saturated heterocycles. The van der Waals surface area contributed by atoms with Crippen LogP contribution in [0.3, 0.4) is 0 Å². The summed E-state index contributed by atoms with van der Waals surface area (Å²) in [6.07, 6.45) is 2.21. The Kier molecular flexibility index (Phi) is 3.66. The number of rotatable bonds is 4. The van der Waals surface area contributed by atoms with Crippen LogP contribution in [-0.2, 0) is 6.54 Å². The average Bonchev–Trinajstić information content (AvgIpc) is 2.78. The van der Waals surface area contributed by atoms with Crippen LogP contribution in [0.15, 0.2) is 54.7 Å². The summed E-state index contributed by atoms with van der Waals surface area (Å²) in [5, 5.41) is 5.47. The minimum atomic E-state index is 0.765. The van der Waals surface area contributed by atoms with Crippen molar-refractivity contribution in [3.63, 3.8) is 0 Å². The number of para-hydroxylation sites is 2. The van der Waals surface area contributed by atoms with Crippen molar-refractivity contribution in [3.05, 3.63) is 65.3 Å². The van der Waals surface area contributed by atoms with E-state index in [0.717, 1.165) is 23.8 Å². The number of hydrogen-bond acceptors (Lipinski definition) is 1. The molecular weight excluding hydrogens is 268 g/mol. The van der Waals surface area contributed by atoms with E-state index in [4.69, 9.17) is 11.6 Å². The van der Waals surface area contributed by atoms with Gasteiger partial charge in [0.25, 0.3) is 0 Å². The molecule has 0 saturated carbocycles. The molecule has 0 amide bonds. The first-order valence-corrected chi connectivity index (χ1v) is 7.16. The molecule has 2 nitrogen and oxygen atoms in total. The smallest absolute Gasteiger partial charge is 0.0637 e. The lowest BCUT2D eigenvalue weighted by Crippen LogP contribution is -2.09. The van der Waals surface area contributed by atoms with E-state index in [1.807, 2.05) is 24.3 Å². The molecule has 0 aliphatic heterocycles. The zero-order valence-corrected chi connectivity index (χ0v) is 12.2. The second-order valence-electron chi connectivity index (χ2n) is 4.93. The van der Waals surface area contributed by atoms with Crippen LogP contribution in [0.1, 0.15) is 5.56 Å². The molecule has 0 atom stereocenters. The molecule has 102 valence electrons. The maximum absolute atomic E-state index is 6.14. The number of hydrogen-bond donors (Lipinski definition) is 1. The molecular formula is C17H17ClN2. The van der Waals surface area contributed by atoms with Crippen LogP contribution in [0, 0.1) is 6.92 Å². The largest absolute Gasteiger partial charge is 0.382 e. The van der Waals surface area contributed by atoms with E-state index >= 15 is 0 Å². The third kappa shape index (κ3) is 2.52. The predicted octanol–water partition coefficient (Wildman–Crippen LogP) is 4.72. The van der Waals surface area contributed by atoms with Gasteiger partial charge in [-0.05, 0) is 30.7 Å². The highest BCUT2D eigenvalue weighted by Crippen LogP contribution is 2.22. The number of nitrogens with one attached hydrogen (secondary N) is 1. The number of anilines is 1. The van der Waals surface area contributed by atoms with Crippen molar-refractivity contribution < 1.29 is 0 Å². The summed E-state index contributed by atoms with van der Waals surface area (Å²) >= 11 is 6.14. The van der Waals surface area contributed by atoms with Gasteiger partial charge in [-0.25, -0.2) is 0 Å². The van der Waals surface area contributed by atoms with Crippen molar-refractivity contribution in [3.8, 4) is 0 Å². The normalized spacial score (nSPS) is 10.9. The van der Waals surface area contributed by atoms with Gasteiger partial charge in [0.05, 0.1) is 10.7 Å². The van der Waals surface area contributed by atoms with E-state index in [0.29, 0.717) is 0 Å². The van der Waals surface area contributed by atoms with Crippen molar-refractivity contribution in [2.75, 3.05) is 11.9 Å². The van der Waals surface area contributed by atoms with Gasteiger partial charge in [-0.2, -0.15) is 0 Å². The quantitative estimate of drug-likeness (QED) is 0.734. The first-order chi connectivity index (χ1) is 9.75. The third-order valence-electron chi connectivity index (χ3n) is 3.53. The van der Waals surface area contributed by atoms with Gasteiger partial charge in [-0.15, -0.1) is 0 Å². The van der Waals surface area contributed by atoms with Crippen molar-refractivity contribution in [2.24, 2.45) is 0 Å². The van der Waals surface area contributed by atoms with E-state index in [1.165, 1.54) is 16.5 Å². The first kappa shape index (κ1) is 13.1. The van der Waals surface area contributed by atoms with E-state index in [1.54, 1.807) is 0 Å². The lowest BCUT2D eigenvalue weighted by Gasteiger charge is -2.09. The Labute approximate surface area is 124 Å². The van der Waals surface area contributed by atoms with E-state index in [9.17, 15) is 0 Å². The predicted molar refractivity (Wildman–Crippen MR) is 86.6 cm³/mol. The van der Waals surface area contributed by atoms with Gasteiger partial charge in [0, 0.05) is 30.2 Å². The molecule has 0 aliphatic rings. The highest BCUT2D eigenvalue weighted by molar-refractivity contribution is 6.33. The van der Waals surface area contributed by atoms with Crippen molar-refractivity contribution in [2.45, 2.75) is 13.5 Å². The Morgan fingerprint density at radius 2 is 1.80 bits per heavy atom. The van der Waals surface area contributed by atoms with E-state index in [-0.39, 0.29) is 0 Å². The summed E-state index contributed by atoms with van der Waals surface area (Å²) in [5.74, 6) is 0. The fourth-order valence-electron chi connectivity index (χ4n) is 2.53. The van der Waals surface area contributed by atoms with Crippen molar-refractivity contribution in [1.29, 1.82) is 0 Å². The number of benzene rings is 2. The summed E-state index contributed by atoms with van der Waals surface area (Å²) in [4.78, 5) is 0. The first-order valence-electron chi connectivity index (χ1n) is 6.78. The van der Waals surface area contributed by atoms with Gasteiger partial charge in [0.1, 0.15) is 0 Å². The SMILES string of the molecule is Cc1cn(CCNc2ccccc2Cl)c2ccccc12. The van der Waals surface area contributed by atoms with Crippen LogP contribution in [0.5, 0.6) is 0 Å². The van der Waals surface area contributed by atoms with Gasteiger partial charge in [-0.3, -0.25) is 0 Å². The summed E-state index contributed by atoms with van der Waals surface area (Å²) in [7, 11) is 0. The highest BCUT2D eigenvalue weighted by atomic mass is 35.5. The zero-order valence-electron chi connectivity index (χ0n) is 11.4. The van der Waals surface area contributed by atoms with Gasteiger partial charge in [-0.1, -0.05) is 41.9 Å². The molecule has 0 aliphatic carbocycles. The minimum absolute atomic E-state index is 0.765. The number of halogens is 1. The van der Waals surface area contributed by atoms with Gasteiger partial charge in [0.15, 0.2) is 0 Å². The fraction of sp³-hybridized carbons (Fsp3) is 0.176. The molecule has 0 unspecified atom stereocenters. The minimum Gasteiger partial charge on any atom is -0.382 e. The Balaban J connectivity index is 1.73. The van der Waals surface area contributed by atoms with Gasteiger partial charge < -0.3 is 9.88 Å². The Morgan fingerprint density at radius 1 is 1.05 bits per heavy atom. The summed E-state index contributed by atoms with van der Waals surface area (Å²) < 4.78 is 2.29. The Bertz CT molecular complexity index is 731. The van der Waals surface area contributed by atoms with Crippen LogP contribution in [0.2, 0.25) is 5.02 Å². The Hall–Kier alpha value is -1.93. The monoisotopic (exact) mass is 284 g/mol. The molecule has 3 aromatic rings. The van der Waals surface area contributed by atoms with E-state index < -0.39 is 0 Å². The second kappa shape index (κ2) is 5.59. The summed E-state index contributed by atoms with van der Waals surface area (Å²) in [6, 6.07) is 16.3. The average molecular weight is 285 g/mol. The van der Waals surface area contributed by atoms with E-state index in [2.05, 4.69) is 47.3 Å². The molecule has 0 bridgehead atoms. The van der Waals surface area contributed by atoms with Crippen LogP contribution in [0.25, 0.3) is 10.9 Å². The molecule has 3 rings (SSSR count). The summed E-state index contributed by atoms with van der Waals surface area (Å²) in [6.45, 7) is 3.92. The highest BCUT2D eigenvalue weighted by Gasteiger charge is 2.04. The third-order valence-corrected chi connectivity index (χ3v) is 3.86. The number of nitrogens with zero attached hydrogens (tertiary/aromatic N) is 1. The van der Waals surface area contributed by atoms with Crippen LogP contribution >= 0.6 is 11.6 Å². The molecule has 0 fully saturated rings. The number of fused-ring (bicyclic) bond motifs is 1. The van der Waals surface area contributed by atoms with Crippen molar-refractivity contribution in [1.82, 2.24) is 4.57 Å². The molecule has 1 N–H and O–H groups in total. The number of aryl methyl sites for hydroxylation is 1. The summed E-state index contributed by atoms with van der Waals surface area (Å²) in [5.41, 5.74) is 3.59. The standard InChI is InChI=1S/C17H17ClN2/c1-13-12-20(17-9-5-2-6-14(13)17)11-10-19-16-8-4-3-7-15(16)18/h2-9,12,19H,10-11H2,1H3. The van der Waals surface area contributed by atoms with Gasteiger partial charge in [0.2, 0.25) is 0 Å². The molecule has 20 heavy (non-hydrogen) atoms. The molecule has 1 aromatic heterocycles. The molecule has 0 spiro atoms. The number of aromatic nitrogens is 1. The molecule has 0 radical (unpaired) electrons. The lowest BCUT2D eigenvalue weighted by molar-refractivity contribution is 0.755. The second-order valence-corrected chi connectivity index (χ2v) is 5.34. The maximum Gasteiger partial charge on any atom is 0.0637 e. The lowest BCUT2D eigenvalue weighted by atomic mass is 10.2. The van der Waals surface area contributed by atoms with Crippen LogP contribution < -0.4 is 5.32 Å². The molecule has 3 heteroatoms. The zero-order chi connectivity index (χ0) is 13.9. The Morgan fingerprint density at radius 3 is 2.65 bits per heavy atom. The molecule has 2 aromatic carbocycles. The fourth-order valence-corrected chi connectivity index (χ4v) is 2.73. The topological polar surface area (TPSA) is 17.0 Å². The molecule has 1 heterocycles. The van der Waals surface area contributed by atoms with Gasteiger partial charge >= 0.3 is 0 Å². The maximum atomic E-state index is 6.14.